The van der Waals surface area contributed by atoms with Crippen molar-refractivity contribution >= 4 is 0 Å². The van der Waals surface area contributed by atoms with Crippen molar-refractivity contribution < 1.29 is 9.84 Å². The average molecular weight is 322 g/mol. The van der Waals surface area contributed by atoms with Crippen molar-refractivity contribution in [1.29, 1.82) is 0 Å². The second-order valence-corrected chi connectivity index (χ2v) is 6.96. The van der Waals surface area contributed by atoms with E-state index in [1.54, 1.807) is 0 Å². The Morgan fingerprint density at radius 2 is 1.70 bits per heavy atom. The topological polar surface area (TPSA) is 32.7 Å². The van der Waals surface area contributed by atoms with Gasteiger partial charge < -0.3 is 14.7 Å². The lowest BCUT2D eigenvalue weighted by atomic mass is 9.93. The van der Waals surface area contributed by atoms with Gasteiger partial charge in [-0.15, -0.1) is 0 Å². The summed E-state index contributed by atoms with van der Waals surface area (Å²) in [6.07, 6.45) is 8.23. The molecule has 1 aromatic carbocycles. The summed E-state index contributed by atoms with van der Waals surface area (Å²) in [5.74, 6) is 0.960. The molecule has 0 aliphatic carbocycles. The van der Waals surface area contributed by atoms with Crippen LogP contribution in [0.3, 0.4) is 0 Å². The maximum absolute atomic E-state index is 9.59. The molecule has 0 saturated heterocycles. The van der Waals surface area contributed by atoms with Crippen LogP contribution in [0, 0.1) is 0 Å². The molecule has 0 aromatic heterocycles. The van der Waals surface area contributed by atoms with E-state index in [2.05, 4.69) is 43.0 Å². The van der Waals surface area contributed by atoms with Crippen LogP contribution < -0.4 is 4.74 Å². The van der Waals surface area contributed by atoms with E-state index in [0.717, 1.165) is 31.6 Å². The van der Waals surface area contributed by atoms with Crippen LogP contribution in [0.5, 0.6) is 5.75 Å². The molecule has 0 radical (unpaired) electrons. The number of hydrogen-bond donors (Lipinski definition) is 1. The molecule has 1 aromatic rings. The SMILES string of the molecule is CCCCCCCOc1ccc(CC[C@@](C)(CO)N(C)C)cc1. The van der Waals surface area contributed by atoms with Gasteiger partial charge in [0, 0.05) is 5.54 Å². The number of nitrogens with zero attached hydrogens (tertiary/aromatic N) is 1. The van der Waals surface area contributed by atoms with Gasteiger partial charge in [-0.3, -0.25) is 0 Å². The first-order chi connectivity index (χ1) is 11.0. The second kappa shape index (κ2) is 10.7. The zero-order chi connectivity index (χ0) is 17.1. The predicted octanol–water partition coefficient (Wildman–Crippen LogP) is 4.28. The number of rotatable bonds is 12. The number of aliphatic hydroxyl groups excluding tert-OH is 1. The highest BCUT2D eigenvalue weighted by Gasteiger charge is 2.25. The largest absolute Gasteiger partial charge is 0.494 e. The lowest BCUT2D eigenvalue weighted by molar-refractivity contribution is 0.0766. The summed E-state index contributed by atoms with van der Waals surface area (Å²) >= 11 is 0. The third-order valence-electron chi connectivity index (χ3n) is 4.81. The Bertz CT molecular complexity index is 416. The Labute approximate surface area is 142 Å². The quantitative estimate of drug-likeness (QED) is 0.583. The van der Waals surface area contributed by atoms with Crippen LogP contribution in [0.25, 0.3) is 0 Å². The number of likely N-dealkylation sites (N-methyl/N-ethyl adjacent to an activating group) is 1. The number of unbranched alkanes of at least 4 members (excludes halogenated alkanes) is 4. The number of benzene rings is 1. The summed E-state index contributed by atoms with van der Waals surface area (Å²) in [5.41, 5.74) is 1.13. The van der Waals surface area contributed by atoms with E-state index in [-0.39, 0.29) is 12.1 Å². The van der Waals surface area contributed by atoms with E-state index in [0.29, 0.717) is 0 Å². The predicted molar refractivity (Wildman–Crippen MR) is 98.2 cm³/mol. The van der Waals surface area contributed by atoms with Gasteiger partial charge in [-0.05, 0) is 58.0 Å². The van der Waals surface area contributed by atoms with Gasteiger partial charge in [0.25, 0.3) is 0 Å². The van der Waals surface area contributed by atoms with Crippen molar-refractivity contribution in [1.82, 2.24) is 4.90 Å². The molecule has 0 aliphatic heterocycles. The Hall–Kier alpha value is -1.06. The Morgan fingerprint density at radius 3 is 2.26 bits per heavy atom. The fourth-order valence-electron chi connectivity index (χ4n) is 2.51. The van der Waals surface area contributed by atoms with Gasteiger partial charge in [0.1, 0.15) is 5.75 Å². The molecule has 0 amide bonds. The molecule has 132 valence electrons. The van der Waals surface area contributed by atoms with Crippen molar-refractivity contribution in [3.8, 4) is 5.75 Å². The second-order valence-electron chi connectivity index (χ2n) is 6.96. The lowest BCUT2D eigenvalue weighted by Crippen LogP contribution is -2.45. The maximum atomic E-state index is 9.59. The van der Waals surface area contributed by atoms with Crippen LogP contribution >= 0.6 is 0 Å². The van der Waals surface area contributed by atoms with Crippen molar-refractivity contribution in [3.05, 3.63) is 29.8 Å². The number of aryl methyl sites for hydroxylation is 1. The van der Waals surface area contributed by atoms with Crippen molar-refractivity contribution in [2.45, 2.75) is 64.3 Å². The van der Waals surface area contributed by atoms with Gasteiger partial charge >= 0.3 is 0 Å². The summed E-state index contributed by atoms with van der Waals surface area (Å²) in [6.45, 7) is 5.33. The van der Waals surface area contributed by atoms with E-state index in [1.165, 1.54) is 31.2 Å². The van der Waals surface area contributed by atoms with E-state index in [9.17, 15) is 5.11 Å². The van der Waals surface area contributed by atoms with Crippen LogP contribution in [0.4, 0.5) is 0 Å². The highest BCUT2D eigenvalue weighted by molar-refractivity contribution is 5.27. The summed E-state index contributed by atoms with van der Waals surface area (Å²) in [7, 11) is 4.04. The monoisotopic (exact) mass is 321 g/mol. The first-order valence-electron chi connectivity index (χ1n) is 9.02. The van der Waals surface area contributed by atoms with Gasteiger partial charge in [-0.25, -0.2) is 0 Å². The van der Waals surface area contributed by atoms with E-state index in [4.69, 9.17) is 4.74 Å². The standard InChI is InChI=1S/C20H35NO2/c1-5-6-7-8-9-16-23-19-12-10-18(11-13-19)14-15-20(2,17-22)21(3)4/h10-13,22H,5-9,14-17H2,1-4H3/t20-/m0/s1. The van der Waals surface area contributed by atoms with Gasteiger partial charge in [0.15, 0.2) is 0 Å². The van der Waals surface area contributed by atoms with Crippen molar-refractivity contribution in [2.75, 3.05) is 27.3 Å². The van der Waals surface area contributed by atoms with Crippen LogP contribution in [0.1, 0.15) is 57.9 Å². The average Bonchev–Trinajstić information content (AvgIpc) is 2.56. The highest BCUT2D eigenvalue weighted by atomic mass is 16.5. The third kappa shape index (κ3) is 7.36. The first kappa shape index (κ1) is 20.0. The molecule has 23 heavy (non-hydrogen) atoms. The summed E-state index contributed by atoms with van der Waals surface area (Å²) in [5, 5.41) is 9.59. The van der Waals surface area contributed by atoms with Crippen molar-refractivity contribution in [2.24, 2.45) is 0 Å². The molecule has 0 aliphatic rings. The first-order valence-corrected chi connectivity index (χ1v) is 9.02. The maximum Gasteiger partial charge on any atom is 0.119 e. The van der Waals surface area contributed by atoms with E-state index in [1.807, 2.05) is 14.1 Å². The minimum Gasteiger partial charge on any atom is -0.494 e. The lowest BCUT2D eigenvalue weighted by Gasteiger charge is -2.34. The fraction of sp³-hybridized carbons (Fsp3) is 0.700. The van der Waals surface area contributed by atoms with Crippen LogP contribution in [0.15, 0.2) is 24.3 Å². The molecule has 0 fully saturated rings. The van der Waals surface area contributed by atoms with Crippen molar-refractivity contribution in [3.63, 3.8) is 0 Å². The minimum absolute atomic E-state index is 0.159. The molecule has 0 unspecified atom stereocenters. The van der Waals surface area contributed by atoms with Crippen LogP contribution in [-0.2, 0) is 6.42 Å². The minimum atomic E-state index is -0.159. The fourth-order valence-corrected chi connectivity index (χ4v) is 2.51. The number of aliphatic hydroxyl groups is 1. The molecular formula is C20H35NO2. The summed E-state index contributed by atoms with van der Waals surface area (Å²) < 4.78 is 5.80. The van der Waals surface area contributed by atoms with Crippen LogP contribution in [0.2, 0.25) is 0 Å². The Morgan fingerprint density at radius 1 is 1.04 bits per heavy atom. The summed E-state index contributed by atoms with van der Waals surface area (Å²) in [4.78, 5) is 2.10. The molecule has 3 nitrogen and oxygen atoms in total. The van der Waals surface area contributed by atoms with Gasteiger partial charge in [0.2, 0.25) is 0 Å². The van der Waals surface area contributed by atoms with Gasteiger partial charge in [0.05, 0.1) is 13.2 Å². The van der Waals surface area contributed by atoms with E-state index < -0.39 is 0 Å². The molecule has 0 heterocycles. The van der Waals surface area contributed by atoms with Gasteiger partial charge in [-0.2, -0.15) is 0 Å². The zero-order valence-electron chi connectivity index (χ0n) is 15.5. The van der Waals surface area contributed by atoms with Gasteiger partial charge in [-0.1, -0.05) is 44.7 Å². The summed E-state index contributed by atoms with van der Waals surface area (Å²) in [6, 6.07) is 8.40. The molecule has 1 rings (SSSR count). The highest BCUT2D eigenvalue weighted by Crippen LogP contribution is 2.20. The normalized spacial score (nSPS) is 14.0. The molecular weight excluding hydrogens is 286 g/mol. The Kier molecular flexibility index (Phi) is 9.27. The number of ether oxygens (including phenoxy) is 1. The smallest absolute Gasteiger partial charge is 0.119 e. The number of hydrogen-bond acceptors (Lipinski definition) is 3. The van der Waals surface area contributed by atoms with E-state index >= 15 is 0 Å². The molecule has 1 atom stereocenters. The zero-order valence-corrected chi connectivity index (χ0v) is 15.5. The molecule has 0 saturated carbocycles. The Balaban J connectivity index is 2.33. The molecule has 0 bridgehead atoms. The molecule has 3 heteroatoms. The third-order valence-corrected chi connectivity index (χ3v) is 4.81. The molecule has 1 N–H and O–H groups in total. The molecule has 0 spiro atoms. The van der Waals surface area contributed by atoms with Crippen LogP contribution in [-0.4, -0.2) is 42.9 Å².